The molecule has 0 aromatic rings. The molecule has 2 N–H and O–H groups in total. The minimum Gasteiger partial charge on any atom is -0.390 e. The van der Waals surface area contributed by atoms with Crippen molar-refractivity contribution in [3.63, 3.8) is 0 Å². The van der Waals surface area contributed by atoms with Crippen LogP contribution < -0.4 is 0 Å². The van der Waals surface area contributed by atoms with Crippen LogP contribution in [0.15, 0.2) is 0 Å². The molecule has 5 rings (SSSR count). The maximum atomic E-state index is 13.7. The molecule has 5 saturated carbocycles. The topological polar surface area (TPSA) is 74.6 Å². The fourth-order valence-electron chi connectivity index (χ4n) is 4.96. The van der Waals surface area contributed by atoms with Crippen LogP contribution in [-0.2, 0) is 10.1 Å². The molecule has 4 nitrogen and oxygen atoms in total. The minimum absolute atomic E-state index is 0.0446. The fourth-order valence-corrected chi connectivity index (χ4v) is 5.41. The summed E-state index contributed by atoms with van der Waals surface area (Å²) >= 11 is 0. The molecule has 7 heteroatoms. The summed E-state index contributed by atoms with van der Waals surface area (Å²) in [6.45, 7) is 1.78. The average Bonchev–Trinajstić information content (AvgIpc) is 2.22. The van der Waals surface area contributed by atoms with Crippen molar-refractivity contribution in [3.05, 3.63) is 0 Å². The van der Waals surface area contributed by atoms with E-state index in [1.54, 1.807) is 6.92 Å². The third-order valence-corrected chi connectivity index (χ3v) is 6.85. The van der Waals surface area contributed by atoms with Crippen LogP contribution in [0.1, 0.15) is 45.4 Å². The number of hydrogen-bond donors (Lipinski definition) is 2. The van der Waals surface area contributed by atoms with E-state index in [0.29, 0.717) is 25.7 Å². The van der Waals surface area contributed by atoms with Crippen molar-refractivity contribution in [1.82, 2.24) is 0 Å². The molecule has 5 unspecified atom stereocenters. The summed E-state index contributed by atoms with van der Waals surface area (Å²) in [5, 5.41) is 6.12. The molecule has 116 valence electrons. The number of hydrogen-bond acceptors (Lipinski definition) is 3. The maximum Gasteiger partial charge on any atom is 0.370 e. The standard InChI is InChI=1S/C13H20F2O4S/c1-11(16)3-2-9-4-10-8(5-11)6-12(9,10)7-13(14,15)20(17,18)19/h8-10,16H,2-7H2,1H3,(H,17,18,19). The monoisotopic (exact) mass is 310 g/mol. The smallest absolute Gasteiger partial charge is 0.370 e. The Kier molecular flexibility index (Phi) is 2.88. The highest BCUT2D eigenvalue weighted by Crippen LogP contribution is 2.74. The average molecular weight is 310 g/mol. The van der Waals surface area contributed by atoms with Gasteiger partial charge >= 0.3 is 15.4 Å². The predicted molar refractivity (Wildman–Crippen MR) is 67.7 cm³/mol. The molecule has 0 radical (unpaired) electrons. The van der Waals surface area contributed by atoms with Crippen molar-refractivity contribution in [3.8, 4) is 0 Å². The van der Waals surface area contributed by atoms with Gasteiger partial charge in [0.2, 0.25) is 0 Å². The third kappa shape index (κ3) is 1.93. The summed E-state index contributed by atoms with van der Waals surface area (Å²) < 4.78 is 57.7. The highest BCUT2D eigenvalue weighted by Gasteiger charge is 2.70. The lowest BCUT2D eigenvalue weighted by Crippen LogP contribution is -2.66. The molecule has 5 aliphatic rings. The van der Waals surface area contributed by atoms with Gasteiger partial charge in [-0.2, -0.15) is 17.2 Å². The molecule has 5 atom stereocenters. The van der Waals surface area contributed by atoms with Crippen LogP contribution in [0.25, 0.3) is 0 Å². The van der Waals surface area contributed by atoms with Crippen molar-refractivity contribution in [1.29, 1.82) is 0 Å². The first-order valence-electron chi connectivity index (χ1n) is 7.04. The Morgan fingerprint density at radius 1 is 1.35 bits per heavy atom. The van der Waals surface area contributed by atoms with Crippen molar-refractivity contribution >= 4 is 10.1 Å². The fraction of sp³-hybridized carbons (Fsp3) is 1.00. The van der Waals surface area contributed by atoms with Crippen LogP contribution in [-0.4, -0.2) is 28.9 Å². The van der Waals surface area contributed by atoms with Gasteiger partial charge in [0.25, 0.3) is 0 Å². The molecule has 0 aromatic carbocycles. The van der Waals surface area contributed by atoms with E-state index >= 15 is 0 Å². The summed E-state index contributed by atoms with van der Waals surface area (Å²) in [7, 11) is -5.34. The van der Waals surface area contributed by atoms with Crippen molar-refractivity contribution in [2.24, 2.45) is 23.2 Å². The summed E-state index contributed by atoms with van der Waals surface area (Å²) in [5.74, 6) is 0.328. The van der Waals surface area contributed by atoms with Gasteiger partial charge in [-0.25, -0.2) is 0 Å². The lowest BCUT2D eigenvalue weighted by Gasteiger charge is -2.71. The van der Waals surface area contributed by atoms with Gasteiger partial charge in [0.15, 0.2) is 0 Å². The maximum absolute atomic E-state index is 13.7. The lowest BCUT2D eigenvalue weighted by molar-refractivity contribution is -0.246. The Balaban J connectivity index is 1.81. The Labute approximate surface area is 117 Å². The summed E-state index contributed by atoms with van der Waals surface area (Å²) in [4.78, 5) is 0. The van der Waals surface area contributed by atoms with Gasteiger partial charge in [-0.15, -0.1) is 0 Å². The lowest BCUT2D eigenvalue weighted by atomic mass is 9.34. The third-order valence-electron chi connectivity index (χ3n) is 5.95. The molecule has 4 bridgehead atoms. The Morgan fingerprint density at radius 3 is 2.55 bits per heavy atom. The molecule has 20 heavy (non-hydrogen) atoms. The van der Waals surface area contributed by atoms with Gasteiger partial charge < -0.3 is 5.11 Å². The largest absolute Gasteiger partial charge is 0.390 e. The normalized spacial score (nSPS) is 47.8. The van der Waals surface area contributed by atoms with E-state index in [9.17, 15) is 22.3 Å². The van der Waals surface area contributed by atoms with E-state index in [1.165, 1.54) is 0 Å². The summed E-state index contributed by atoms with van der Waals surface area (Å²) in [5.41, 5.74) is -1.37. The van der Waals surface area contributed by atoms with Gasteiger partial charge in [-0.05, 0) is 62.2 Å². The predicted octanol–water partition coefficient (Wildman–Crippen LogP) is 2.43. The summed E-state index contributed by atoms with van der Waals surface area (Å²) in [6, 6.07) is 0. The highest BCUT2D eigenvalue weighted by molar-refractivity contribution is 7.86. The molecule has 0 aliphatic heterocycles. The Hall–Kier alpha value is -0.270. The van der Waals surface area contributed by atoms with Crippen LogP contribution in [0.4, 0.5) is 8.78 Å². The van der Waals surface area contributed by atoms with Gasteiger partial charge in [-0.1, -0.05) is 0 Å². The quantitative estimate of drug-likeness (QED) is 0.785. The van der Waals surface area contributed by atoms with Gasteiger partial charge in [0.1, 0.15) is 0 Å². The molecule has 0 saturated heterocycles. The molecule has 0 spiro atoms. The molecule has 5 fully saturated rings. The molecule has 0 aromatic heterocycles. The molecular formula is C13H20F2O4S. The van der Waals surface area contributed by atoms with Crippen molar-refractivity contribution in [2.45, 2.75) is 56.3 Å². The second kappa shape index (κ2) is 3.93. The Morgan fingerprint density at radius 2 is 2.00 bits per heavy atom. The Bertz CT molecular complexity index is 524. The highest BCUT2D eigenvalue weighted by atomic mass is 32.2. The molecule has 5 aliphatic carbocycles. The van der Waals surface area contributed by atoms with Crippen LogP contribution >= 0.6 is 0 Å². The van der Waals surface area contributed by atoms with Gasteiger partial charge in [0.05, 0.1) is 5.60 Å². The zero-order chi connectivity index (χ0) is 15.0. The van der Waals surface area contributed by atoms with Crippen molar-refractivity contribution in [2.75, 3.05) is 0 Å². The van der Waals surface area contributed by atoms with Gasteiger partial charge in [0, 0.05) is 6.42 Å². The van der Waals surface area contributed by atoms with Crippen LogP contribution in [0.2, 0.25) is 0 Å². The second-order valence-corrected chi connectivity index (χ2v) is 8.81. The van der Waals surface area contributed by atoms with Gasteiger partial charge in [-0.3, -0.25) is 4.55 Å². The molecular weight excluding hydrogens is 290 g/mol. The first-order chi connectivity index (χ1) is 8.97. The van der Waals surface area contributed by atoms with Crippen molar-refractivity contribution < 1.29 is 26.9 Å². The zero-order valence-corrected chi connectivity index (χ0v) is 12.2. The van der Waals surface area contributed by atoms with E-state index in [-0.39, 0.29) is 17.8 Å². The van der Waals surface area contributed by atoms with E-state index in [1.807, 2.05) is 0 Å². The second-order valence-electron chi connectivity index (χ2n) is 7.27. The first kappa shape index (κ1) is 14.7. The number of aliphatic hydroxyl groups is 1. The molecule has 0 amide bonds. The van der Waals surface area contributed by atoms with Crippen LogP contribution in [0.3, 0.4) is 0 Å². The zero-order valence-electron chi connectivity index (χ0n) is 11.3. The van der Waals surface area contributed by atoms with E-state index < -0.39 is 32.8 Å². The first-order valence-corrected chi connectivity index (χ1v) is 8.48. The van der Waals surface area contributed by atoms with Crippen LogP contribution in [0, 0.1) is 23.2 Å². The van der Waals surface area contributed by atoms with E-state index in [4.69, 9.17) is 4.55 Å². The number of alkyl halides is 2. The SMILES string of the molecule is CC1(O)CCC2CC3C(C1)CC23CC(F)(F)S(=O)(=O)O. The summed E-state index contributed by atoms with van der Waals surface area (Å²) in [6.07, 6.45) is 2.44. The number of halogens is 2. The molecule has 0 heterocycles. The minimum atomic E-state index is -5.34. The number of rotatable bonds is 3. The van der Waals surface area contributed by atoms with E-state index in [2.05, 4.69) is 0 Å². The van der Waals surface area contributed by atoms with Crippen LogP contribution in [0.5, 0.6) is 0 Å². The van der Waals surface area contributed by atoms with E-state index in [0.717, 1.165) is 6.42 Å².